The second kappa shape index (κ2) is 5.06. The molecule has 0 fully saturated rings. The fraction of sp³-hybridized carbons (Fsp3) is 0.125. The predicted molar refractivity (Wildman–Crippen MR) is 75.5 cm³/mol. The monoisotopic (exact) mass is 250 g/mol. The number of para-hydroxylation sites is 1. The maximum atomic E-state index is 10.6. The molecule has 0 aliphatic carbocycles. The Labute approximate surface area is 111 Å². The number of carbonyl (C=O) groups excluding carboxylic acids is 1. The molecule has 0 atom stereocenters. The van der Waals surface area contributed by atoms with Crippen molar-refractivity contribution in [3.63, 3.8) is 0 Å². The Balaban J connectivity index is 2.17. The lowest BCUT2D eigenvalue weighted by atomic mass is 10.1. The van der Waals surface area contributed by atoms with Gasteiger partial charge in [0.2, 0.25) is 0 Å². The molecule has 3 aromatic rings. The molecule has 19 heavy (non-hydrogen) atoms. The van der Waals surface area contributed by atoms with Crippen LogP contribution in [-0.4, -0.2) is 15.8 Å². The summed E-state index contributed by atoms with van der Waals surface area (Å²) in [6.07, 6.45) is 8.01. The molecule has 0 N–H and O–H groups in total. The number of rotatable bonds is 4. The molecule has 3 heteroatoms. The number of carbonyl (C=O) groups is 1. The molecule has 0 bridgehead atoms. The van der Waals surface area contributed by atoms with Gasteiger partial charge in [-0.05, 0) is 30.2 Å². The van der Waals surface area contributed by atoms with Crippen molar-refractivity contribution >= 4 is 17.2 Å². The lowest BCUT2D eigenvalue weighted by Gasteiger charge is -2.03. The number of hydrogen-bond donors (Lipinski definition) is 0. The van der Waals surface area contributed by atoms with E-state index in [1.807, 2.05) is 30.5 Å². The Kier molecular flexibility index (Phi) is 3.11. The predicted octanol–water partition coefficient (Wildman–Crippen LogP) is 3.16. The number of aromatic nitrogens is 2. The Bertz CT molecular complexity index is 701. The number of nitrogens with zero attached hydrogens (tertiary/aromatic N) is 2. The van der Waals surface area contributed by atoms with Crippen molar-refractivity contribution in [2.24, 2.45) is 0 Å². The van der Waals surface area contributed by atoms with Gasteiger partial charge in [-0.2, -0.15) is 0 Å². The van der Waals surface area contributed by atoms with Gasteiger partial charge in [-0.1, -0.05) is 18.2 Å². The first-order valence-corrected chi connectivity index (χ1v) is 6.33. The van der Waals surface area contributed by atoms with Crippen molar-refractivity contribution in [3.8, 4) is 5.69 Å². The van der Waals surface area contributed by atoms with Crippen molar-refractivity contribution in [1.29, 1.82) is 0 Å². The van der Waals surface area contributed by atoms with Crippen LogP contribution in [0.15, 0.2) is 55.0 Å². The van der Waals surface area contributed by atoms with Crippen LogP contribution in [0.2, 0.25) is 0 Å². The molecule has 0 radical (unpaired) electrons. The lowest BCUT2D eigenvalue weighted by molar-refractivity contribution is -0.107. The van der Waals surface area contributed by atoms with Crippen molar-refractivity contribution in [2.45, 2.75) is 12.8 Å². The minimum atomic E-state index is 0.557. The van der Waals surface area contributed by atoms with Gasteiger partial charge < -0.3 is 9.36 Å². The third-order valence-corrected chi connectivity index (χ3v) is 3.25. The molecule has 0 amide bonds. The van der Waals surface area contributed by atoms with Gasteiger partial charge >= 0.3 is 0 Å². The molecule has 2 heterocycles. The van der Waals surface area contributed by atoms with Gasteiger partial charge in [-0.25, -0.2) is 0 Å². The minimum Gasteiger partial charge on any atom is -0.315 e. The van der Waals surface area contributed by atoms with E-state index in [0.717, 1.165) is 23.9 Å². The summed E-state index contributed by atoms with van der Waals surface area (Å²) in [7, 11) is 0. The second-order valence-electron chi connectivity index (χ2n) is 4.46. The molecule has 0 saturated carbocycles. The summed E-state index contributed by atoms with van der Waals surface area (Å²) in [6.45, 7) is 0. The summed E-state index contributed by atoms with van der Waals surface area (Å²) in [5, 5.41) is 1.20. The fourth-order valence-corrected chi connectivity index (χ4v) is 2.37. The fourth-order valence-electron chi connectivity index (χ4n) is 2.37. The first-order chi connectivity index (χ1) is 9.40. The number of aldehydes is 1. The maximum Gasteiger partial charge on any atom is 0.120 e. The van der Waals surface area contributed by atoms with Crippen molar-refractivity contribution in [2.75, 3.05) is 0 Å². The Morgan fingerprint density at radius 2 is 2.05 bits per heavy atom. The number of fused-ring (bicyclic) bond motifs is 1. The zero-order valence-corrected chi connectivity index (χ0v) is 10.5. The van der Waals surface area contributed by atoms with E-state index in [1.165, 1.54) is 10.9 Å². The van der Waals surface area contributed by atoms with E-state index in [-0.39, 0.29) is 0 Å². The highest BCUT2D eigenvalue weighted by Gasteiger charge is 2.08. The van der Waals surface area contributed by atoms with E-state index < -0.39 is 0 Å². The summed E-state index contributed by atoms with van der Waals surface area (Å²) in [5.41, 5.74) is 3.39. The highest BCUT2D eigenvalue weighted by molar-refractivity contribution is 5.85. The molecule has 0 aliphatic heterocycles. The Morgan fingerprint density at radius 1 is 1.16 bits per heavy atom. The molecule has 0 saturated heterocycles. The maximum absolute atomic E-state index is 10.6. The van der Waals surface area contributed by atoms with E-state index >= 15 is 0 Å². The van der Waals surface area contributed by atoms with Crippen molar-refractivity contribution in [3.05, 3.63) is 60.6 Å². The van der Waals surface area contributed by atoms with Crippen molar-refractivity contribution in [1.82, 2.24) is 9.55 Å². The van der Waals surface area contributed by atoms with Gasteiger partial charge in [-0.3, -0.25) is 4.98 Å². The summed E-state index contributed by atoms with van der Waals surface area (Å²) >= 11 is 0. The van der Waals surface area contributed by atoms with Crippen LogP contribution in [0.25, 0.3) is 16.6 Å². The normalized spacial score (nSPS) is 10.7. The van der Waals surface area contributed by atoms with Crippen LogP contribution in [0.3, 0.4) is 0 Å². The highest BCUT2D eigenvalue weighted by Crippen LogP contribution is 2.25. The zero-order chi connectivity index (χ0) is 13.1. The smallest absolute Gasteiger partial charge is 0.120 e. The van der Waals surface area contributed by atoms with E-state index in [0.29, 0.717) is 6.42 Å². The highest BCUT2D eigenvalue weighted by atomic mass is 16.1. The number of hydrogen-bond acceptors (Lipinski definition) is 2. The molecule has 0 spiro atoms. The Hall–Kier alpha value is -2.42. The van der Waals surface area contributed by atoms with Gasteiger partial charge in [0.25, 0.3) is 0 Å². The van der Waals surface area contributed by atoms with Gasteiger partial charge in [0.1, 0.15) is 6.29 Å². The van der Waals surface area contributed by atoms with E-state index in [1.54, 1.807) is 6.20 Å². The van der Waals surface area contributed by atoms with Crippen LogP contribution in [-0.2, 0) is 11.2 Å². The molecule has 2 aromatic heterocycles. The van der Waals surface area contributed by atoms with Crippen molar-refractivity contribution < 1.29 is 4.79 Å². The first-order valence-electron chi connectivity index (χ1n) is 6.33. The van der Waals surface area contributed by atoms with E-state index in [9.17, 15) is 4.79 Å². The first kappa shape index (κ1) is 11.7. The zero-order valence-electron chi connectivity index (χ0n) is 10.5. The second-order valence-corrected chi connectivity index (χ2v) is 4.46. The molecular formula is C16H14N2O. The number of aryl methyl sites for hydroxylation is 1. The molecular weight excluding hydrogens is 236 g/mol. The molecule has 0 aliphatic rings. The quantitative estimate of drug-likeness (QED) is 0.667. The van der Waals surface area contributed by atoms with Gasteiger partial charge in [-0.15, -0.1) is 0 Å². The van der Waals surface area contributed by atoms with E-state index in [4.69, 9.17) is 0 Å². The molecule has 3 rings (SSSR count). The van der Waals surface area contributed by atoms with Gasteiger partial charge in [0.05, 0.1) is 17.4 Å². The van der Waals surface area contributed by atoms with Crippen LogP contribution in [0.4, 0.5) is 0 Å². The van der Waals surface area contributed by atoms with Crippen LogP contribution in [0.5, 0.6) is 0 Å². The Morgan fingerprint density at radius 3 is 2.84 bits per heavy atom. The largest absolute Gasteiger partial charge is 0.315 e. The molecule has 94 valence electrons. The summed E-state index contributed by atoms with van der Waals surface area (Å²) in [4.78, 5) is 14.7. The number of pyridine rings is 1. The number of benzene rings is 1. The van der Waals surface area contributed by atoms with Crippen LogP contribution < -0.4 is 0 Å². The van der Waals surface area contributed by atoms with Crippen LogP contribution in [0.1, 0.15) is 12.0 Å². The standard InChI is InChI=1S/C16H14N2O/c19-10-4-5-13-12-18(14-6-3-9-17-11-14)16-8-2-1-7-15(13)16/h1-3,6-12H,4-5H2. The van der Waals surface area contributed by atoms with Crippen LogP contribution >= 0.6 is 0 Å². The molecule has 0 unspecified atom stereocenters. The average Bonchev–Trinajstić information content (AvgIpc) is 2.85. The molecule has 1 aromatic carbocycles. The SMILES string of the molecule is O=CCCc1cn(-c2cccnc2)c2ccccc12. The average molecular weight is 250 g/mol. The van der Waals surface area contributed by atoms with Crippen LogP contribution in [0, 0.1) is 0 Å². The van der Waals surface area contributed by atoms with Gasteiger partial charge in [0, 0.05) is 24.2 Å². The lowest BCUT2D eigenvalue weighted by Crippen LogP contribution is -1.91. The summed E-state index contributed by atoms with van der Waals surface area (Å²) in [5.74, 6) is 0. The molecule has 3 nitrogen and oxygen atoms in total. The van der Waals surface area contributed by atoms with E-state index in [2.05, 4.69) is 27.9 Å². The third kappa shape index (κ3) is 2.15. The third-order valence-electron chi connectivity index (χ3n) is 3.25. The summed E-state index contributed by atoms with van der Waals surface area (Å²) < 4.78 is 2.13. The minimum absolute atomic E-state index is 0.557. The summed E-state index contributed by atoms with van der Waals surface area (Å²) in [6, 6.07) is 12.2. The van der Waals surface area contributed by atoms with Gasteiger partial charge in [0.15, 0.2) is 0 Å². The topological polar surface area (TPSA) is 34.9 Å².